The lowest BCUT2D eigenvalue weighted by Gasteiger charge is -2.40. The topological polar surface area (TPSA) is 87.2 Å². The van der Waals surface area contributed by atoms with E-state index < -0.39 is 6.04 Å². The van der Waals surface area contributed by atoms with Gasteiger partial charge in [-0.05, 0) is 29.8 Å². The quantitative estimate of drug-likeness (QED) is 0.659. The van der Waals surface area contributed by atoms with E-state index in [2.05, 4.69) is 10.1 Å². The number of hydrazone groups is 1. The number of H-pyrrole nitrogens is 1. The molecule has 1 N–H and O–H groups in total. The number of hydrogen-bond donors (Lipinski definition) is 1. The van der Waals surface area contributed by atoms with E-state index in [0.717, 1.165) is 22.2 Å². The first-order valence-electron chi connectivity index (χ1n) is 10.0. The number of carbonyl (C=O) groups excluding carboxylic acids is 2. The first kappa shape index (κ1) is 19.2. The van der Waals surface area contributed by atoms with Crippen molar-refractivity contribution < 1.29 is 19.1 Å². The van der Waals surface area contributed by atoms with Crippen LogP contribution in [0.25, 0.3) is 10.9 Å². The van der Waals surface area contributed by atoms with Gasteiger partial charge in [0.1, 0.15) is 24.1 Å². The van der Waals surface area contributed by atoms with Crippen molar-refractivity contribution in [3.8, 4) is 11.5 Å². The van der Waals surface area contributed by atoms with E-state index >= 15 is 0 Å². The standard InChI is InChI=1S/C23H22N4O4/c1-30-15-7-8-21(31-2)14(9-15)11-24-27-13-22(28)26-12-19-17(10-20(26)23(27)29)16-5-3-4-6-18(16)25-19/h3-9,11,20,25H,10,12-13H2,1-2H3/b24-11-/t20-/m1/s1. The highest BCUT2D eigenvalue weighted by molar-refractivity contribution is 5.97. The van der Waals surface area contributed by atoms with Crippen molar-refractivity contribution in [2.75, 3.05) is 20.8 Å². The molecule has 0 spiro atoms. The van der Waals surface area contributed by atoms with Gasteiger partial charge in [-0.25, -0.2) is 5.01 Å². The summed E-state index contributed by atoms with van der Waals surface area (Å²) in [6.07, 6.45) is 2.00. The van der Waals surface area contributed by atoms with Crippen LogP contribution in [0, 0.1) is 0 Å². The summed E-state index contributed by atoms with van der Waals surface area (Å²) in [5.41, 5.74) is 3.77. The van der Waals surface area contributed by atoms with Crippen LogP contribution >= 0.6 is 0 Å². The van der Waals surface area contributed by atoms with E-state index in [1.165, 1.54) is 11.2 Å². The normalized spacial score (nSPS) is 18.5. The molecule has 2 aliphatic rings. The Morgan fingerprint density at radius 2 is 1.94 bits per heavy atom. The number of nitrogens with zero attached hydrogens (tertiary/aromatic N) is 3. The van der Waals surface area contributed by atoms with Crippen LogP contribution in [0.2, 0.25) is 0 Å². The van der Waals surface area contributed by atoms with Gasteiger partial charge in [0.05, 0.1) is 27.0 Å². The largest absolute Gasteiger partial charge is 0.497 e. The molecular formula is C23H22N4O4. The summed E-state index contributed by atoms with van der Waals surface area (Å²) in [6.45, 7) is 0.314. The van der Waals surface area contributed by atoms with Crippen molar-refractivity contribution in [2.24, 2.45) is 5.10 Å². The molecule has 3 heterocycles. The van der Waals surface area contributed by atoms with Crippen LogP contribution in [0.1, 0.15) is 16.8 Å². The number of benzene rings is 2. The highest BCUT2D eigenvalue weighted by atomic mass is 16.5. The van der Waals surface area contributed by atoms with Gasteiger partial charge >= 0.3 is 0 Å². The minimum Gasteiger partial charge on any atom is -0.497 e. The number of para-hydroxylation sites is 1. The van der Waals surface area contributed by atoms with Gasteiger partial charge in [0.15, 0.2) is 0 Å². The van der Waals surface area contributed by atoms with Crippen molar-refractivity contribution in [2.45, 2.75) is 19.0 Å². The molecule has 1 saturated heterocycles. The number of hydrogen-bond acceptors (Lipinski definition) is 5. The first-order valence-corrected chi connectivity index (χ1v) is 10.0. The molecule has 0 aliphatic carbocycles. The average molecular weight is 418 g/mol. The fourth-order valence-corrected chi connectivity index (χ4v) is 4.33. The molecule has 8 heteroatoms. The van der Waals surface area contributed by atoms with Crippen molar-refractivity contribution in [1.82, 2.24) is 14.9 Å². The molecule has 5 rings (SSSR count). The zero-order valence-corrected chi connectivity index (χ0v) is 17.3. The van der Waals surface area contributed by atoms with Gasteiger partial charge in [0.2, 0.25) is 5.91 Å². The maximum absolute atomic E-state index is 13.2. The van der Waals surface area contributed by atoms with E-state index in [1.54, 1.807) is 37.3 Å². The first-order chi connectivity index (χ1) is 15.1. The second-order valence-corrected chi connectivity index (χ2v) is 7.62. The van der Waals surface area contributed by atoms with E-state index in [4.69, 9.17) is 9.47 Å². The second-order valence-electron chi connectivity index (χ2n) is 7.62. The van der Waals surface area contributed by atoms with Gasteiger partial charge in [-0.3, -0.25) is 9.59 Å². The maximum atomic E-state index is 13.2. The Kier molecular flexibility index (Phi) is 4.62. The summed E-state index contributed by atoms with van der Waals surface area (Å²) in [5, 5.41) is 6.68. The molecule has 2 aliphatic heterocycles. The van der Waals surface area contributed by atoms with Gasteiger partial charge in [-0.1, -0.05) is 18.2 Å². The Morgan fingerprint density at radius 1 is 1.10 bits per heavy atom. The molecule has 1 fully saturated rings. The van der Waals surface area contributed by atoms with E-state index in [9.17, 15) is 9.59 Å². The molecule has 0 unspecified atom stereocenters. The van der Waals surface area contributed by atoms with E-state index in [0.29, 0.717) is 30.0 Å². The fraction of sp³-hybridized carbons (Fsp3) is 0.261. The molecule has 0 radical (unpaired) electrons. The summed E-state index contributed by atoms with van der Waals surface area (Å²) in [5.74, 6) is 0.939. The molecule has 8 nitrogen and oxygen atoms in total. The molecule has 31 heavy (non-hydrogen) atoms. The summed E-state index contributed by atoms with van der Waals surface area (Å²) in [4.78, 5) is 31.1. The fourth-order valence-electron chi connectivity index (χ4n) is 4.33. The molecule has 1 atom stereocenters. The lowest BCUT2D eigenvalue weighted by atomic mass is 9.94. The van der Waals surface area contributed by atoms with Crippen LogP contribution in [-0.2, 0) is 22.6 Å². The summed E-state index contributed by atoms with van der Waals surface area (Å²) < 4.78 is 10.6. The van der Waals surface area contributed by atoms with Gasteiger partial charge in [0.25, 0.3) is 5.91 Å². The van der Waals surface area contributed by atoms with Crippen LogP contribution in [0.3, 0.4) is 0 Å². The Hall–Kier alpha value is -3.81. The van der Waals surface area contributed by atoms with Gasteiger partial charge < -0.3 is 19.4 Å². The SMILES string of the molecule is COc1ccc(OC)c(/C=N\N2CC(=O)N3Cc4[nH]c5ccccc5c4C[C@@H]3C2=O)c1. The third-order valence-corrected chi connectivity index (χ3v) is 5.92. The Morgan fingerprint density at radius 3 is 2.74 bits per heavy atom. The zero-order chi connectivity index (χ0) is 21.5. The molecular weight excluding hydrogens is 396 g/mol. The number of rotatable bonds is 4. The number of methoxy groups -OCH3 is 2. The zero-order valence-electron chi connectivity index (χ0n) is 17.3. The highest BCUT2D eigenvalue weighted by Crippen LogP contribution is 2.32. The maximum Gasteiger partial charge on any atom is 0.266 e. The number of ether oxygens (including phenoxy) is 2. The Labute approximate surface area is 179 Å². The van der Waals surface area contributed by atoms with Gasteiger partial charge in [-0.15, -0.1) is 0 Å². The molecule has 2 aromatic carbocycles. The molecule has 3 aromatic rings. The van der Waals surface area contributed by atoms with Gasteiger partial charge in [0, 0.05) is 28.6 Å². The number of aromatic nitrogens is 1. The number of carbonyl (C=O) groups is 2. The third kappa shape index (κ3) is 3.20. The number of piperazine rings is 1. The third-order valence-electron chi connectivity index (χ3n) is 5.92. The minimum absolute atomic E-state index is 0.0896. The average Bonchev–Trinajstić information content (AvgIpc) is 3.17. The van der Waals surface area contributed by atoms with Crippen LogP contribution < -0.4 is 9.47 Å². The van der Waals surface area contributed by atoms with Crippen LogP contribution in [-0.4, -0.2) is 59.7 Å². The van der Waals surface area contributed by atoms with Gasteiger partial charge in [-0.2, -0.15) is 5.10 Å². The molecule has 0 saturated carbocycles. The molecule has 158 valence electrons. The predicted molar refractivity (Wildman–Crippen MR) is 115 cm³/mol. The summed E-state index contributed by atoms with van der Waals surface area (Å²) in [6, 6.07) is 12.8. The predicted octanol–water partition coefficient (Wildman–Crippen LogP) is 2.31. The minimum atomic E-state index is -0.558. The molecule has 1 aromatic heterocycles. The van der Waals surface area contributed by atoms with Crippen LogP contribution in [0.15, 0.2) is 47.6 Å². The number of fused-ring (bicyclic) bond motifs is 4. The van der Waals surface area contributed by atoms with Crippen molar-refractivity contribution in [3.63, 3.8) is 0 Å². The van der Waals surface area contributed by atoms with E-state index in [1.807, 2.05) is 24.3 Å². The smallest absolute Gasteiger partial charge is 0.266 e. The van der Waals surface area contributed by atoms with Crippen LogP contribution in [0.5, 0.6) is 11.5 Å². The van der Waals surface area contributed by atoms with Crippen molar-refractivity contribution >= 4 is 28.9 Å². The number of aromatic amines is 1. The molecule has 2 amide bonds. The van der Waals surface area contributed by atoms with Crippen molar-refractivity contribution in [1.29, 1.82) is 0 Å². The Balaban J connectivity index is 1.44. The summed E-state index contributed by atoms with van der Waals surface area (Å²) >= 11 is 0. The monoisotopic (exact) mass is 418 g/mol. The lowest BCUT2D eigenvalue weighted by Crippen LogP contribution is -2.60. The molecule has 0 bridgehead atoms. The number of amides is 2. The van der Waals surface area contributed by atoms with Crippen molar-refractivity contribution in [3.05, 3.63) is 59.3 Å². The summed E-state index contributed by atoms with van der Waals surface area (Å²) in [7, 11) is 3.14. The Bertz CT molecular complexity index is 1220. The highest BCUT2D eigenvalue weighted by Gasteiger charge is 2.43. The van der Waals surface area contributed by atoms with Crippen LogP contribution in [0.4, 0.5) is 0 Å². The lowest BCUT2D eigenvalue weighted by molar-refractivity contribution is -0.157. The number of nitrogens with one attached hydrogen (secondary N) is 1. The van der Waals surface area contributed by atoms with E-state index in [-0.39, 0.29) is 18.4 Å². The second kappa shape index (κ2) is 7.46.